The van der Waals surface area contributed by atoms with Crippen LogP contribution in [0.25, 0.3) is 12.2 Å². The van der Waals surface area contributed by atoms with Crippen molar-refractivity contribution in [1.82, 2.24) is 0 Å². The summed E-state index contributed by atoms with van der Waals surface area (Å²) >= 11 is -4.73. The van der Waals surface area contributed by atoms with Crippen LogP contribution < -0.4 is 18.1 Å². The Morgan fingerprint density at radius 1 is 0.391 bits per heavy atom. The topological polar surface area (TPSA) is 0 Å². The molecule has 2 heteroatoms. The van der Waals surface area contributed by atoms with Gasteiger partial charge in [-0.25, -0.2) is 0 Å². The molecule has 0 aliphatic heterocycles. The molecule has 8 rings (SSSR count). The first-order valence-electron chi connectivity index (χ1n) is 16.6. The van der Waals surface area contributed by atoms with Gasteiger partial charge in [-0.2, -0.15) is 0 Å². The zero-order chi connectivity index (χ0) is 31.2. The van der Waals surface area contributed by atoms with Gasteiger partial charge in [0.25, 0.3) is 0 Å². The van der Waals surface area contributed by atoms with Crippen LogP contribution in [0.3, 0.4) is 0 Å². The summed E-state index contributed by atoms with van der Waals surface area (Å²) < 4.78 is 3.71. The standard InChI is InChI=1S/C12H11Si.2C10H9.2C6H5.Ti/c1-3-7-11(8-4-1)13-12-9-5-2-6-10-12;2*1-8-6-9-4-2-3-5-10(9)7-8;2*1-2-4-6-5-3-1;/h1-10,13H;2*2-7H,1H3;2*1-5H;. The van der Waals surface area contributed by atoms with Gasteiger partial charge in [0.15, 0.2) is 0 Å². The summed E-state index contributed by atoms with van der Waals surface area (Å²) in [7, 11) is 0. The SMILES string of the molecule is CC1=Cc2ccccc2[CH]1[Ti]([c]1ccccc1)([c]1ccccc1)([CH]1C(C)=Cc2ccccc21)[SiH](c1ccccc1)c1ccccc1. The molecule has 0 nitrogen and oxygen atoms in total. The van der Waals surface area contributed by atoms with Gasteiger partial charge < -0.3 is 0 Å². The number of hydrogen-bond acceptors (Lipinski definition) is 0. The van der Waals surface area contributed by atoms with Crippen LogP contribution in [0.1, 0.15) is 44.5 Å². The van der Waals surface area contributed by atoms with Crippen LogP contribution in [-0.2, 0) is 14.6 Å². The number of hydrogen-bond donors (Lipinski definition) is 0. The molecule has 223 valence electrons. The van der Waals surface area contributed by atoms with Gasteiger partial charge >= 0.3 is 277 Å². The Balaban J connectivity index is 1.71. The van der Waals surface area contributed by atoms with Gasteiger partial charge in [0.1, 0.15) is 0 Å². The summed E-state index contributed by atoms with van der Waals surface area (Å²) in [6.07, 6.45) is 5.05. The minimum atomic E-state index is -4.73. The van der Waals surface area contributed by atoms with E-state index in [-0.39, 0.29) is 8.45 Å². The molecule has 0 radical (unpaired) electrons. The van der Waals surface area contributed by atoms with Gasteiger partial charge in [-0.15, -0.1) is 0 Å². The normalized spacial score (nSPS) is 17.8. The fourth-order valence-corrected chi connectivity index (χ4v) is 46.8. The van der Waals surface area contributed by atoms with Crippen LogP contribution in [0.2, 0.25) is 0 Å². The Labute approximate surface area is 275 Å². The third-order valence-corrected chi connectivity index (χ3v) is 40.4. The fourth-order valence-electron chi connectivity index (χ4n) is 10.1. The van der Waals surface area contributed by atoms with Crippen molar-refractivity contribution in [3.05, 3.63) is 203 Å². The summed E-state index contributed by atoms with van der Waals surface area (Å²) in [5, 5.41) is 3.07. The van der Waals surface area contributed by atoms with E-state index in [1.807, 2.05) is 0 Å². The van der Waals surface area contributed by atoms with Gasteiger partial charge in [0.2, 0.25) is 0 Å². The van der Waals surface area contributed by atoms with Crippen molar-refractivity contribution in [3.8, 4) is 0 Å². The van der Waals surface area contributed by atoms with Gasteiger partial charge in [-0.05, 0) is 0 Å². The van der Waals surface area contributed by atoms with Gasteiger partial charge in [-0.3, -0.25) is 0 Å². The van der Waals surface area contributed by atoms with E-state index in [9.17, 15) is 0 Å². The average molecular weight is 644 g/mol. The minimum absolute atomic E-state index is 0.273. The number of benzene rings is 6. The van der Waals surface area contributed by atoms with E-state index in [4.69, 9.17) is 0 Å². The second kappa shape index (κ2) is 11.5. The molecule has 0 aromatic heterocycles. The Kier molecular flexibility index (Phi) is 7.30. The molecule has 2 aliphatic carbocycles. The molecular weight excluding hydrogens is 604 g/mol. The molecule has 0 bridgehead atoms. The quantitative estimate of drug-likeness (QED) is 0.154. The van der Waals surface area contributed by atoms with Crippen LogP contribution in [-0.4, -0.2) is 6.66 Å². The second-order valence-electron chi connectivity index (χ2n) is 13.4. The van der Waals surface area contributed by atoms with Crippen LogP contribution in [0.5, 0.6) is 0 Å². The first-order chi connectivity index (χ1) is 22.6. The maximum atomic E-state index is 2.54. The molecular formula is C44H39SiTi. The Morgan fingerprint density at radius 2 is 0.717 bits per heavy atom. The zero-order valence-electron chi connectivity index (χ0n) is 26.6. The molecule has 0 N–H and O–H groups in total. The van der Waals surface area contributed by atoms with E-state index < -0.39 is 21.2 Å². The van der Waals surface area contributed by atoms with Crippen molar-refractivity contribution in [2.75, 3.05) is 0 Å². The molecule has 6 aromatic carbocycles. The number of rotatable bonds is 7. The van der Waals surface area contributed by atoms with E-state index in [1.54, 1.807) is 7.74 Å². The molecule has 0 fully saturated rings. The van der Waals surface area contributed by atoms with E-state index in [0.29, 0.717) is 0 Å². The molecule has 6 aromatic rings. The molecule has 2 unspecified atom stereocenters. The Hall–Kier alpha value is -4.27. The predicted octanol–water partition coefficient (Wildman–Crippen LogP) is 8.18. The van der Waals surface area contributed by atoms with Crippen molar-refractivity contribution >= 4 is 36.9 Å². The monoisotopic (exact) mass is 643 g/mol. The van der Waals surface area contributed by atoms with Gasteiger partial charge in [0, 0.05) is 0 Å². The summed E-state index contributed by atoms with van der Waals surface area (Å²) in [4.78, 5) is 0. The molecule has 0 amide bonds. The van der Waals surface area contributed by atoms with Gasteiger partial charge in [-0.1, -0.05) is 0 Å². The molecule has 0 saturated heterocycles. The first kappa shape index (κ1) is 29.2. The third-order valence-electron chi connectivity index (χ3n) is 11.3. The fraction of sp³-hybridized carbons (Fsp3) is 0.0909. The molecule has 0 spiro atoms. The van der Waals surface area contributed by atoms with Crippen molar-refractivity contribution in [2.24, 2.45) is 0 Å². The van der Waals surface area contributed by atoms with Crippen molar-refractivity contribution in [1.29, 1.82) is 0 Å². The zero-order valence-corrected chi connectivity index (χ0v) is 29.3. The maximum absolute atomic E-state index is 4.73. The second-order valence-corrected chi connectivity index (χ2v) is 31.7. The van der Waals surface area contributed by atoms with Crippen LogP contribution in [0, 0.1) is 0 Å². The summed E-state index contributed by atoms with van der Waals surface area (Å²) in [6, 6.07) is 65.9. The average Bonchev–Trinajstić information content (AvgIpc) is 3.65. The first-order valence-corrected chi connectivity index (χ1v) is 24.4. The van der Waals surface area contributed by atoms with E-state index >= 15 is 0 Å². The van der Waals surface area contributed by atoms with E-state index in [1.165, 1.54) is 43.8 Å². The Bertz CT molecular complexity index is 1930. The van der Waals surface area contributed by atoms with Crippen molar-refractivity contribution in [2.45, 2.75) is 22.3 Å². The van der Waals surface area contributed by atoms with Crippen LogP contribution in [0.15, 0.2) is 181 Å². The summed E-state index contributed by atoms with van der Waals surface area (Å²) in [5.74, 6) is 0. The summed E-state index contributed by atoms with van der Waals surface area (Å²) in [6.45, 7) is 2.71. The van der Waals surface area contributed by atoms with Crippen molar-refractivity contribution < 1.29 is 14.6 Å². The van der Waals surface area contributed by atoms with Crippen LogP contribution >= 0.6 is 0 Å². The molecule has 2 aliphatic rings. The van der Waals surface area contributed by atoms with Crippen molar-refractivity contribution in [3.63, 3.8) is 0 Å². The van der Waals surface area contributed by atoms with E-state index in [2.05, 4.69) is 196 Å². The van der Waals surface area contributed by atoms with Gasteiger partial charge in [0.05, 0.1) is 0 Å². The van der Waals surface area contributed by atoms with E-state index in [0.717, 1.165) is 0 Å². The molecule has 46 heavy (non-hydrogen) atoms. The van der Waals surface area contributed by atoms with Crippen LogP contribution in [0.4, 0.5) is 0 Å². The Morgan fingerprint density at radius 3 is 1.11 bits per heavy atom. The molecule has 0 heterocycles. The summed E-state index contributed by atoms with van der Waals surface area (Å²) in [5.41, 5.74) is 8.79. The predicted molar refractivity (Wildman–Crippen MR) is 197 cm³/mol. The number of fused-ring (bicyclic) bond motifs is 2. The number of allylic oxidation sites excluding steroid dienone is 2. The molecule has 2 atom stereocenters. The third kappa shape index (κ3) is 4.02. The molecule has 0 saturated carbocycles.